The van der Waals surface area contributed by atoms with Crippen LogP contribution in [0.15, 0.2) is 52.3 Å². The lowest BCUT2D eigenvalue weighted by atomic mass is 10.2. The Hall–Kier alpha value is -1.08. The van der Waals surface area contributed by atoms with Crippen molar-refractivity contribution in [1.29, 1.82) is 0 Å². The smallest absolute Gasteiger partial charge is 0.206 e. The summed E-state index contributed by atoms with van der Waals surface area (Å²) in [5, 5.41) is 2.97. The van der Waals surface area contributed by atoms with Crippen LogP contribution < -0.4 is 5.32 Å². The van der Waals surface area contributed by atoms with Crippen molar-refractivity contribution in [3.8, 4) is 0 Å². The molecule has 0 amide bonds. The van der Waals surface area contributed by atoms with Gasteiger partial charge in [0.25, 0.3) is 0 Å². The molecular weight excluding hydrogens is 373 g/mol. The zero-order valence-corrected chi connectivity index (χ0v) is 13.6. The third kappa shape index (κ3) is 3.09. The van der Waals surface area contributed by atoms with Crippen LogP contribution in [0.2, 0.25) is 0 Å². The molecule has 0 aromatic heterocycles. The Morgan fingerprint density at radius 1 is 1.00 bits per heavy atom. The molecule has 0 aliphatic heterocycles. The third-order valence-corrected chi connectivity index (χ3v) is 5.17. The van der Waals surface area contributed by atoms with Gasteiger partial charge >= 0.3 is 0 Å². The summed E-state index contributed by atoms with van der Waals surface area (Å²) < 4.78 is 26.0. The maximum absolute atomic E-state index is 12.5. The molecule has 0 bridgehead atoms. The molecule has 5 heteroatoms. The van der Waals surface area contributed by atoms with Crippen molar-refractivity contribution in [2.75, 3.05) is 12.4 Å². The summed E-state index contributed by atoms with van der Waals surface area (Å²) in [6.45, 7) is 1.93. The Balaban J connectivity index is 2.56. The van der Waals surface area contributed by atoms with E-state index in [4.69, 9.17) is 0 Å². The molecule has 2 aromatic carbocycles. The average Bonchev–Trinajstić information content (AvgIpc) is 2.38. The van der Waals surface area contributed by atoms with Crippen molar-refractivity contribution < 1.29 is 8.42 Å². The Labute approximate surface area is 127 Å². The molecule has 0 heterocycles. The Morgan fingerprint density at radius 3 is 2.21 bits per heavy atom. The van der Waals surface area contributed by atoms with E-state index in [0.717, 1.165) is 14.8 Å². The van der Waals surface area contributed by atoms with E-state index >= 15 is 0 Å². The number of halogens is 1. The van der Waals surface area contributed by atoms with Gasteiger partial charge in [0.1, 0.15) is 0 Å². The first-order valence-corrected chi connectivity index (χ1v) is 8.30. The SMILES string of the molecule is CNc1cc(I)cc(S(=O)(=O)c2ccc(C)cc2)c1. The Morgan fingerprint density at radius 2 is 1.63 bits per heavy atom. The molecule has 2 aromatic rings. The molecule has 0 unspecified atom stereocenters. The van der Waals surface area contributed by atoms with Crippen LogP contribution in [-0.4, -0.2) is 15.5 Å². The molecular formula is C14H14INO2S. The molecule has 0 saturated heterocycles. The molecule has 100 valence electrons. The molecule has 0 atom stereocenters. The fourth-order valence-corrected chi connectivity index (χ4v) is 3.93. The predicted molar refractivity (Wildman–Crippen MR) is 85.3 cm³/mol. The van der Waals surface area contributed by atoms with E-state index in [2.05, 4.69) is 27.9 Å². The molecule has 0 saturated carbocycles. The zero-order chi connectivity index (χ0) is 14.0. The fourth-order valence-electron chi connectivity index (χ4n) is 1.72. The van der Waals surface area contributed by atoms with Gasteiger partial charge in [0.2, 0.25) is 9.84 Å². The maximum Gasteiger partial charge on any atom is 0.206 e. The van der Waals surface area contributed by atoms with Crippen LogP contribution in [0.25, 0.3) is 0 Å². The fraction of sp³-hybridized carbons (Fsp3) is 0.143. The average molecular weight is 387 g/mol. The summed E-state index contributed by atoms with van der Waals surface area (Å²) in [7, 11) is -1.68. The highest BCUT2D eigenvalue weighted by Gasteiger charge is 2.18. The lowest BCUT2D eigenvalue weighted by Gasteiger charge is -2.08. The summed E-state index contributed by atoms with van der Waals surface area (Å²) in [4.78, 5) is 0.634. The number of hydrogen-bond donors (Lipinski definition) is 1. The van der Waals surface area contributed by atoms with Crippen molar-refractivity contribution >= 4 is 38.1 Å². The van der Waals surface area contributed by atoms with Gasteiger partial charge in [0, 0.05) is 16.3 Å². The van der Waals surface area contributed by atoms with Crippen LogP contribution >= 0.6 is 22.6 Å². The van der Waals surface area contributed by atoms with Crippen LogP contribution in [0.4, 0.5) is 5.69 Å². The van der Waals surface area contributed by atoms with E-state index in [9.17, 15) is 8.42 Å². The molecule has 0 fully saturated rings. The number of nitrogens with one attached hydrogen (secondary N) is 1. The first-order valence-electron chi connectivity index (χ1n) is 5.73. The minimum atomic E-state index is -3.46. The summed E-state index contributed by atoms with van der Waals surface area (Å²) in [5.74, 6) is 0. The summed E-state index contributed by atoms with van der Waals surface area (Å²) in [5.41, 5.74) is 1.83. The van der Waals surface area contributed by atoms with Crippen LogP contribution in [0, 0.1) is 10.5 Å². The standard InChI is InChI=1S/C14H14INO2S/c1-10-3-5-13(6-4-10)19(17,18)14-8-11(15)7-12(9-14)16-2/h3-9,16H,1-2H3. The normalized spacial score (nSPS) is 11.3. The van der Waals surface area contributed by atoms with Gasteiger partial charge in [-0.3, -0.25) is 0 Å². The van der Waals surface area contributed by atoms with Gasteiger partial charge < -0.3 is 5.32 Å². The van der Waals surface area contributed by atoms with Crippen LogP contribution in [-0.2, 0) is 9.84 Å². The van der Waals surface area contributed by atoms with E-state index in [1.165, 1.54) is 0 Å². The molecule has 1 N–H and O–H groups in total. The van der Waals surface area contributed by atoms with Crippen LogP contribution in [0.3, 0.4) is 0 Å². The monoisotopic (exact) mass is 387 g/mol. The summed E-state index contributed by atoms with van der Waals surface area (Å²) >= 11 is 2.11. The molecule has 2 rings (SSSR count). The zero-order valence-electron chi connectivity index (χ0n) is 10.6. The second kappa shape index (κ2) is 5.50. The van der Waals surface area contributed by atoms with E-state index in [1.54, 1.807) is 43.4 Å². The topological polar surface area (TPSA) is 46.2 Å². The first kappa shape index (κ1) is 14.3. The van der Waals surface area contributed by atoms with E-state index in [1.807, 2.05) is 13.0 Å². The van der Waals surface area contributed by atoms with E-state index in [0.29, 0.717) is 9.79 Å². The maximum atomic E-state index is 12.5. The van der Waals surface area contributed by atoms with Gasteiger partial charge in [-0.05, 0) is 59.8 Å². The van der Waals surface area contributed by atoms with E-state index < -0.39 is 9.84 Å². The molecule has 0 spiro atoms. The first-order chi connectivity index (χ1) is 8.93. The van der Waals surface area contributed by atoms with Gasteiger partial charge in [-0.2, -0.15) is 0 Å². The van der Waals surface area contributed by atoms with Crippen molar-refractivity contribution in [3.05, 3.63) is 51.6 Å². The molecule has 0 aliphatic rings. The minimum Gasteiger partial charge on any atom is -0.388 e. The second-order valence-corrected chi connectivity index (χ2v) is 7.44. The van der Waals surface area contributed by atoms with Crippen molar-refractivity contribution in [1.82, 2.24) is 0 Å². The van der Waals surface area contributed by atoms with Crippen molar-refractivity contribution in [2.24, 2.45) is 0 Å². The molecule has 0 aliphatic carbocycles. The largest absolute Gasteiger partial charge is 0.388 e. The number of sulfone groups is 1. The van der Waals surface area contributed by atoms with Gasteiger partial charge in [-0.25, -0.2) is 8.42 Å². The highest BCUT2D eigenvalue weighted by atomic mass is 127. The number of hydrogen-bond acceptors (Lipinski definition) is 3. The van der Waals surface area contributed by atoms with Gasteiger partial charge in [0.15, 0.2) is 0 Å². The number of aryl methyl sites for hydroxylation is 1. The third-order valence-electron chi connectivity index (χ3n) is 2.80. The number of rotatable bonds is 3. The quantitative estimate of drug-likeness (QED) is 0.821. The number of anilines is 1. The number of benzene rings is 2. The van der Waals surface area contributed by atoms with E-state index in [-0.39, 0.29) is 0 Å². The highest BCUT2D eigenvalue weighted by Crippen LogP contribution is 2.25. The van der Waals surface area contributed by atoms with Gasteiger partial charge in [0.05, 0.1) is 9.79 Å². The molecule has 3 nitrogen and oxygen atoms in total. The van der Waals surface area contributed by atoms with Gasteiger partial charge in [-0.15, -0.1) is 0 Å². The predicted octanol–water partition coefficient (Wildman–Crippen LogP) is 3.47. The van der Waals surface area contributed by atoms with Crippen LogP contribution in [0.1, 0.15) is 5.56 Å². The Bertz CT molecular complexity index is 694. The molecule has 0 radical (unpaired) electrons. The van der Waals surface area contributed by atoms with Crippen LogP contribution in [0.5, 0.6) is 0 Å². The van der Waals surface area contributed by atoms with Crippen molar-refractivity contribution in [2.45, 2.75) is 16.7 Å². The lowest BCUT2D eigenvalue weighted by Crippen LogP contribution is -2.03. The van der Waals surface area contributed by atoms with Gasteiger partial charge in [-0.1, -0.05) is 17.7 Å². The summed E-state index contributed by atoms with van der Waals surface area (Å²) in [6.07, 6.45) is 0. The Kier molecular flexibility index (Phi) is 4.15. The minimum absolute atomic E-state index is 0.313. The molecule has 19 heavy (non-hydrogen) atoms. The highest BCUT2D eigenvalue weighted by molar-refractivity contribution is 14.1. The lowest BCUT2D eigenvalue weighted by molar-refractivity contribution is 0.596. The second-order valence-electron chi connectivity index (χ2n) is 4.24. The van der Waals surface area contributed by atoms with Crippen molar-refractivity contribution in [3.63, 3.8) is 0 Å². The summed E-state index contributed by atoms with van der Waals surface area (Å²) in [6, 6.07) is 12.1.